The van der Waals surface area contributed by atoms with Crippen molar-refractivity contribution in [3.8, 4) is 11.5 Å². The number of alkyl halides is 3. The number of aliphatic hydroxyl groups excluding tert-OH is 1. The molecule has 1 saturated carbocycles. The lowest BCUT2D eigenvalue weighted by molar-refractivity contribution is -0.325. The standard InChI is InChI=1S/C22H25ClF3N3O5/c23-13-1-6-19-17(9-13)18(30)10-20(34-19)21(31)28-14-2-4-15(5-3-14)29-12-16(11-27-29)32-7-8-33-22(24,25)26/h1,6,9,11-12,14-15,18,20,30H,2-5,7-8,10H2,(H,28,31)/t14?,15?,18-,20+/m0/s1. The van der Waals surface area contributed by atoms with Crippen molar-refractivity contribution in [2.24, 2.45) is 0 Å². The van der Waals surface area contributed by atoms with Gasteiger partial charge in [0.1, 0.15) is 12.4 Å². The van der Waals surface area contributed by atoms with Gasteiger partial charge in [0.2, 0.25) is 0 Å². The van der Waals surface area contributed by atoms with E-state index in [9.17, 15) is 23.1 Å². The lowest BCUT2D eigenvalue weighted by atomic mass is 9.91. The molecule has 4 rings (SSSR count). The van der Waals surface area contributed by atoms with Crippen LogP contribution in [0.2, 0.25) is 5.02 Å². The number of nitrogens with zero attached hydrogens (tertiary/aromatic N) is 2. The summed E-state index contributed by atoms with van der Waals surface area (Å²) in [5, 5.41) is 18.1. The molecule has 2 aliphatic rings. The van der Waals surface area contributed by atoms with Gasteiger partial charge in [0.15, 0.2) is 11.9 Å². The van der Waals surface area contributed by atoms with E-state index in [1.54, 1.807) is 29.1 Å². The molecule has 186 valence electrons. The zero-order chi connectivity index (χ0) is 24.3. The van der Waals surface area contributed by atoms with Gasteiger partial charge in [-0.05, 0) is 43.9 Å². The van der Waals surface area contributed by atoms with Crippen LogP contribution in [0.3, 0.4) is 0 Å². The number of fused-ring (bicyclic) bond motifs is 1. The predicted molar refractivity (Wildman–Crippen MR) is 115 cm³/mol. The Hall–Kier alpha value is -2.50. The molecule has 12 heteroatoms. The van der Waals surface area contributed by atoms with E-state index in [0.29, 0.717) is 22.1 Å². The first-order chi connectivity index (χ1) is 16.2. The van der Waals surface area contributed by atoms with Crippen LogP contribution >= 0.6 is 11.6 Å². The maximum Gasteiger partial charge on any atom is 0.522 e. The number of ether oxygens (including phenoxy) is 3. The molecule has 0 radical (unpaired) electrons. The summed E-state index contributed by atoms with van der Waals surface area (Å²) in [5.41, 5.74) is 0.576. The monoisotopic (exact) mass is 503 g/mol. The quantitative estimate of drug-likeness (QED) is 0.556. The number of rotatable bonds is 7. The van der Waals surface area contributed by atoms with E-state index in [-0.39, 0.29) is 31.0 Å². The number of hydrogen-bond acceptors (Lipinski definition) is 6. The van der Waals surface area contributed by atoms with Gasteiger partial charge in [-0.2, -0.15) is 5.10 Å². The average molecular weight is 504 g/mol. The van der Waals surface area contributed by atoms with Crippen molar-refractivity contribution in [3.05, 3.63) is 41.2 Å². The van der Waals surface area contributed by atoms with Gasteiger partial charge >= 0.3 is 6.36 Å². The molecule has 1 aliphatic heterocycles. The molecular weight excluding hydrogens is 479 g/mol. The zero-order valence-corrected chi connectivity index (χ0v) is 18.9. The summed E-state index contributed by atoms with van der Waals surface area (Å²) in [4.78, 5) is 12.7. The van der Waals surface area contributed by atoms with Crippen molar-refractivity contribution in [3.63, 3.8) is 0 Å². The normalized spacial score (nSPS) is 24.7. The van der Waals surface area contributed by atoms with Crippen molar-refractivity contribution in [2.45, 2.75) is 62.8 Å². The number of carbonyl (C=O) groups excluding carboxylic acids is 1. The van der Waals surface area contributed by atoms with Gasteiger partial charge in [-0.15, -0.1) is 13.2 Å². The number of nitrogens with one attached hydrogen (secondary N) is 1. The third-order valence-electron chi connectivity index (χ3n) is 5.94. The topological polar surface area (TPSA) is 94.8 Å². The number of aliphatic hydroxyl groups is 1. The first-order valence-corrected chi connectivity index (χ1v) is 11.4. The Morgan fingerprint density at radius 1 is 1.26 bits per heavy atom. The maximum absolute atomic E-state index is 12.7. The minimum absolute atomic E-state index is 0.0260. The van der Waals surface area contributed by atoms with Gasteiger partial charge in [-0.3, -0.25) is 14.2 Å². The minimum Gasteiger partial charge on any atom is -0.488 e. The van der Waals surface area contributed by atoms with E-state index in [0.717, 1.165) is 25.7 Å². The molecule has 1 aromatic heterocycles. The van der Waals surface area contributed by atoms with Gasteiger partial charge in [0.25, 0.3) is 5.91 Å². The second-order valence-corrected chi connectivity index (χ2v) is 8.79. The average Bonchev–Trinajstić information content (AvgIpc) is 3.26. The summed E-state index contributed by atoms with van der Waals surface area (Å²) in [7, 11) is 0. The molecule has 1 fully saturated rings. The minimum atomic E-state index is -4.68. The molecular formula is C22H25ClF3N3O5. The van der Waals surface area contributed by atoms with Crippen molar-refractivity contribution < 1.29 is 37.3 Å². The molecule has 2 atom stereocenters. The summed E-state index contributed by atoms with van der Waals surface area (Å²) in [6.07, 6.45) is -0.0464. The molecule has 8 nitrogen and oxygen atoms in total. The number of benzene rings is 1. The zero-order valence-electron chi connectivity index (χ0n) is 18.1. The van der Waals surface area contributed by atoms with Crippen LogP contribution < -0.4 is 14.8 Å². The molecule has 1 amide bonds. The molecule has 2 heterocycles. The molecule has 1 aromatic carbocycles. The smallest absolute Gasteiger partial charge is 0.488 e. The molecule has 2 aromatic rings. The highest BCUT2D eigenvalue weighted by molar-refractivity contribution is 6.30. The summed E-state index contributed by atoms with van der Waals surface area (Å²) in [5.74, 6) is 0.559. The van der Waals surface area contributed by atoms with Crippen molar-refractivity contribution in [1.29, 1.82) is 0 Å². The molecule has 0 saturated heterocycles. The largest absolute Gasteiger partial charge is 0.522 e. The lowest BCUT2D eigenvalue weighted by Crippen LogP contribution is -2.46. The van der Waals surface area contributed by atoms with Crippen LogP contribution in [0, 0.1) is 0 Å². The Bertz CT molecular complexity index is 994. The second-order valence-electron chi connectivity index (χ2n) is 8.35. The summed E-state index contributed by atoms with van der Waals surface area (Å²) in [6, 6.07) is 5.01. The van der Waals surface area contributed by atoms with E-state index in [1.165, 1.54) is 6.20 Å². The Morgan fingerprint density at radius 3 is 2.76 bits per heavy atom. The third kappa shape index (κ3) is 6.34. The van der Waals surface area contributed by atoms with Gasteiger partial charge in [0, 0.05) is 23.0 Å². The van der Waals surface area contributed by atoms with E-state index in [2.05, 4.69) is 15.2 Å². The first-order valence-electron chi connectivity index (χ1n) is 11.0. The second kappa shape index (κ2) is 10.4. The molecule has 2 N–H and O–H groups in total. The SMILES string of the molecule is O=C(NC1CCC(n2cc(OCCOC(F)(F)F)cn2)CC1)[C@H]1C[C@H](O)c2cc(Cl)ccc2O1. The molecule has 0 spiro atoms. The third-order valence-corrected chi connectivity index (χ3v) is 6.18. The van der Waals surface area contributed by atoms with E-state index in [1.807, 2.05) is 0 Å². The fourth-order valence-electron chi connectivity index (χ4n) is 4.27. The number of hydrogen-bond donors (Lipinski definition) is 2. The molecule has 1 aliphatic carbocycles. The Labute approximate surface area is 198 Å². The van der Waals surface area contributed by atoms with Gasteiger partial charge in [-0.25, -0.2) is 0 Å². The van der Waals surface area contributed by atoms with Crippen molar-refractivity contribution in [1.82, 2.24) is 15.1 Å². The Balaban J connectivity index is 1.22. The summed E-state index contributed by atoms with van der Waals surface area (Å²) < 4.78 is 52.4. The van der Waals surface area contributed by atoms with E-state index in [4.69, 9.17) is 21.1 Å². The van der Waals surface area contributed by atoms with Gasteiger partial charge in [0.05, 0.1) is 31.1 Å². The summed E-state index contributed by atoms with van der Waals surface area (Å²) >= 11 is 5.97. The number of carbonyl (C=O) groups is 1. The van der Waals surface area contributed by atoms with Crippen molar-refractivity contribution >= 4 is 17.5 Å². The fourth-order valence-corrected chi connectivity index (χ4v) is 4.45. The first kappa shape index (κ1) is 24.6. The fraction of sp³-hybridized carbons (Fsp3) is 0.545. The van der Waals surface area contributed by atoms with Crippen LogP contribution in [0.15, 0.2) is 30.6 Å². The Morgan fingerprint density at radius 2 is 2.03 bits per heavy atom. The van der Waals surface area contributed by atoms with Crippen LogP contribution in [-0.2, 0) is 9.53 Å². The maximum atomic E-state index is 12.7. The number of halogens is 4. The molecule has 34 heavy (non-hydrogen) atoms. The van der Waals surface area contributed by atoms with Gasteiger partial charge < -0.3 is 19.9 Å². The van der Waals surface area contributed by atoms with Crippen molar-refractivity contribution in [2.75, 3.05) is 13.2 Å². The van der Waals surface area contributed by atoms with E-state index < -0.39 is 25.2 Å². The highest BCUT2D eigenvalue weighted by Crippen LogP contribution is 2.37. The van der Waals surface area contributed by atoms with Crippen LogP contribution in [0.5, 0.6) is 11.5 Å². The van der Waals surface area contributed by atoms with Crippen LogP contribution in [0.4, 0.5) is 13.2 Å². The Kier molecular flexibility index (Phi) is 7.54. The lowest BCUT2D eigenvalue weighted by Gasteiger charge is -2.32. The van der Waals surface area contributed by atoms with Crippen LogP contribution in [0.1, 0.15) is 49.8 Å². The van der Waals surface area contributed by atoms with Crippen LogP contribution in [-0.4, -0.2) is 52.5 Å². The molecule has 0 bridgehead atoms. The summed E-state index contributed by atoms with van der Waals surface area (Å²) in [6.45, 7) is -0.833. The predicted octanol–water partition coefficient (Wildman–Crippen LogP) is 3.94. The highest BCUT2D eigenvalue weighted by atomic mass is 35.5. The molecule has 0 unspecified atom stereocenters. The number of amides is 1. The van der Waals surface area contributed by atoms with E-state index >= 15 is 0 Å². The van der Waals surface area contributed by atoms with Crippen LogP contribution in [0.25, 0.3) is 0 Å². The van der Waals surface area contributed by atoms with Gasteiger partial charge in [-0.1, -0.05) is 11.6 Å². The highest BCUT2D eigenvalue weighted by Gasteiger charge is 2.34. The number of aromatic nitrogens is 2.